The topological polar surface area (TPSA) is 52.0 Å². The Labute approximate surface area is 98.2 Å². The molecule has 1 aromatic carbocycles. The summed E-state index contributed by atoms with van der Waals surface area (Å²) in [7, 11) is 0. The maximum absolute atomic E-state index is 12.6. The van der Waals surface area contributed by atoms with Crippen molar-refractivity contribution in [2.45, 2.75) is 17.0 Å². The lowest BCUT2D eigenvalue weighted by atomic mass is 10.3. The molecule has 0 aliphatic carbocycles. The molecule has 0 saturated heterocycles. The third-order valence-electron chi connectivity index (χ3n) is 1.89. The molecule has 0 fully saturated rings. The van der Waals surface area contributed by atoms with Crippen molar-refractivity contribution in [1.82, 2.24) is 0 Å². The Morgan fingerprint density at radius 2 is 1.59 bits per heavy atom. The average molecular weight is 272 g/mol. The molecular formula is C9H9F5N2S. The number of anilines is 2. The smallest absolute Gasteiger partial charge is 0.397 e. The number of hydrogen-bond donors (Lipinski definition) is 2. The van der Waals surface area contributed by atoms with E-state index in [0.717, 1.165) is 0 Å². The molecule has 0 aliphatic rings. The summed E-state index contributed by atoms with van der Waals surface area (Å²) in [6.45, 7) is 0. The molecule has 2 nitrogen and oxygen atoms in total. The number of rotatable bonds is 3. The summed E-state index contributed by atoms with van der Waals surface area (Å²) < 4.78 is 60.8. The molecule has 8 heteroatoms. The van der Waals surface area contributed by atoms with Crippen LogP contribution < -0.4 is 11.5 Å². The molecule has 1 aromatic rings. The molecule has 0 radical (unpaired) electrons. The minimum atomic E-state index is -5.54. The van der Waals surface area contributed by atoms with Gasteiger partial charge in [0.15, 0.2) is 0 Å². The van der Waals surface area contributed by atoms with Crippen molar-refractivity contribution < 1.29 is 22.0 Å². The van der Waals surface area contributed by atoms with Gasteiger partial charge in [0.2, 0.25) is 0 Å². The van der Waals surface area contributed by atoms with Crippen LogP contribution in [-0.2, 0) is 0 Å². The zero-order chi connectivity index (χ0) is 13.3. The molecule has 0 aromatic heterocycles. The van der Waals surface area contributed by atoms with Gasteiger partial charge in [-0.2, -0.15) is 22.0 Å². The summed E-state index contributed by atoms with van der Waals surface area (Å²) in [5.74, 6) is -6.12. The summed E-state index contributed by atoms with van der Waals surface area (Å²) in [4.78, 5) is 0.209. The van der Waals surface area contributed by atoms with Gasteiger partial charge in [0.05, 0.1) is 17.1 Å². The van der Waals surface area contributed by atoms with Gasteiger partial charge in [0.25, 0.3) is 0 Å². The number of halogens is 5. The van der Waals surface area contributed by atoms with Gasteiger partial charge >= 0.3 is 12.1 Å². The molecule has 17 heavy (non-hydrogen) atoms. The number of alkyl halides is 5. The summed E-state index contributed by atoms with van der Waals surface area (Å²) >= 11 is 0.372. The fourth-order valence-corrected chi connectivity index (χ4v) is 1.78. The van der Waals surface area contributed by atoms with E-state index in [9.17, 15) is 22.0 Å². The highest BCUT2D eigenvalue weighted by molar-refractivity contribution is 7.99. The lowest BCUT2D eigenvalue weighted by Gasteiger charge is -2.19. The normalized spacial score (nSPS) is 12.8. The Hall–Kier alpha value is -1.18. The van der Waals surface area contributed by atoms with Crippen LogP contribution >= 0.6 is 11.8 Å². The van der Waals surface area contributed by atoms with Crippen molar-refractivity contribution in [1.29, 1.82) is 0 Å². The molecule has 4 N–H and O–H groups in total. The lowest BCUT2D eigenvalue weighted by molar-refractivity contribution is -0.271. The van der Waals surface area contributed by atoms with E-state index in [0.29, 0.717) is 11.8 Å². The first-order chi connectivity index (χ1) is 7.63. The van der Waals surface area contributed by atoms with Gasteiger partial charge in [-0.3, -0.25) is 0 Å². The van der Waals surface area contributed by atoms with Gasteiger partial charge < -0.3 is 11.5 Å². The molecule has 0 bridgehead atoms. The van der Waals surface area contributed by atoms with Crippen molar-refractivity contribution in [3.05, 3.63) is 18.2 Å². The highest BCUT2D eigenvalue weighted by Crippen LogP contribution is 2.39. The molecule has 0 heterocycles. The number of hydrogen-bond acceptors (Lipinski definition) is 3. The van der Waals surface area contributed by atoms with Crippen LogP contribution in [0.4, 0.5) is 33.3 Å². The quantitative estimate of drug-likeness (QED) is 0.505. The molecule has 0 spiro atoms. The molecule has 96 valence electrons. The second-order valence-electron chi connectivity index (χ2n) is 3.28. The predicted octanol–water partition coefficient (Wildman–Crippen LogP) is 3.14. The highest BCUT2D eigenvalue weighted by Gasteiger charge is 2.57. The van der Waals surface area contributed by atoms with Gasteiger partial charge in [-0.15, -0.1) is 11.8 Å². The van der Waals surface area contributed by atoms with Crippen molar-refractivity contribution in [2.24, 2.45) is 0 Å². The molecule has 0 saturated carbocycles. The van der Waals surface area contributed by atoms with Gasteiger partial charge in [-0.1, -0.05) is 0 Å². The van der Waals surface area contributed by atoms with Crippen LogP contribution in [0.5, 0.6) is 0 Å². The predicted molar refractivity (Wildman–Crippen MR) is 57.0 cm³/mol. The lowest BCUT2D eigenvalue weighted by Crippen LogP contribution is -2.38. The number of benzene rings is 1. The van der Waals surface area contributed by atoms with Crippen LogP contribution in [0, 0.1) is 0 Å². The van der Waals surface area contributed by atoms with Crippen LogP contribution in [0.25, 0.3) is 0 Å². The first-order valence-corrected chi connectivity index (χ1v) is 5.34. The Kier molecular flexibility index (Phi) is 3.75. The average Bonchev–Trinajstić information content (AvgIpc) is 2.18. The Bertz CT molecular complexity index is 405. The minimum Gasteiger partial charge on any atom is -0.397 e. The molecule has 0 atom stereocenters. The fourth-order valence-electron chi connectivity index (χ4n) is 0.898. The van der Waals surface area contributed by atoms with Gasteiger partial charge in [0.1, 0.15) is 0 Å². The fraction of sp³-hybridized carbons (Fsp3) is 0.333. The Balaban J connectivity index is 2.71. The van der Waals surface area contributed by atoms with E-state index in [1.807, 2.05) is 0 Å². The summed E-state index contributed by atoms with van der Waals surface area (Å²) in [6.07, 6.45) is -5.54. The van der Waals surface area contributed by atoms with E-state index in [1.165, 1.54) is 18.2 Å². The number of thioether (sulfide) groups is 1. The van der Waals surface area contributed by atoms with Crippen molar-refractivity contribution in [3.8, 4) is 0 Å². The van der Waals surface area contributed by atoms with Crippen LogP contribution in [0.1, 0.15) is 0 Å². The van der Waals surface area contributed by atoms with E-state index in [4.69, 9.17) is 11.5 Å². The summed E-state index contributed by atoms with van der Waals surface area (Å²) in [5.41, 5.74) is 11.2. The summed E-state index contributed by atoms with van der Waals surface area (Å²) in [6, 6.07) is 3.94. The summed E-state index contributed by atoms with van der Waals surface area (Å²) in [5, 5.41) is 0. The largest absolute Gasteiger partial charge is 0.454 e. The van der Waals surface area contributed by atoms with Crippen molar-refractivity contribution in [3.63, 3.8) is 0 Å². The molecule has 1 rings (SSSR count). The van der Waals surface area contributed by atoms with E-state index >= 15 is 0 Å². The van der Waals surface area contributed by atoms with E-state index in [1.54, 1.807) is 0 Å². The van der Waals surface area contributed by atoms with Crippen LogP contribution in [0.15, 0.2) is 23.1 Å². The zero-order valence-electron chi connectivity index (χ0n) is 8.39. The number of nitrogens with two attached hydrogens (primary N) is 2. The van der Waals surface area contributed by atoms with Crippen LogP contribution in [0.2, 0.25) is 0 Å². The first-order valence-electron chi connectivity index (χ1n) is 4.36. The molecular weight excluding hydrogens is 263 g/mol. The Morgan fingerprint density at radius 3 is 2.06 bits per heavy atom. The van der Waals surface area contributed by atoms with Gasteiger partial charge in [-0.25, -0.2) is 0 Å². The Morgan fingerprint density at radius 1 is 1.00 bits per heavy atom. The molecule has 0 unspecified atom stereocenters. The van der Waals surface area contributed by atoms with Crippen molar-refractivity contribution >= 4 is 23.1 Å². The maximum Gasteiger partial charge on any atom is 0.454 e. The monoisotopic (exact) mass is 272 g/mol. The van der Waals surface area contributed by atoms with E-state index < -0.39 is 17.9 Å². The van der Waals surface area contributed by atoms with Crippen LogP contribution in [-0.4, -0.2) is 17.9 Å². The second-order valence-corrected chi connectivity index (χ2v) is 4.33. The molecule has 0 amide bonds. The SMILES string of the molecule is Nc1ccc(SCC(F)(F)C(F)(F)F)cc1N. The van der Waals surface area contributed by atoms with Gasteiger partial charge in [0, 0.05) is 4.90 Å². The zero-order valence-corrected chi connectivity index (χ0v) is 9.21. The maximum atomic E-state index is 12.6. The number of nitrogen functional groups attached to an aromatic ring is 2. The molecule has 0 aliphatic heterocycles. The first kappa shape index (κ1) is 13.9. The van der Waals surface area contributed by atoms with Gasteiger partial charge in [-0.05, 0) is 18.2 Å². The third-order valence-corrected chi connectivity index (χ3v) is 2.99. The highest BCUT2D eigenvalue weighted by atomic mass is 32.2. The van der Waals surface area contributed by atoms with E-state index in [-0.39, 0.29) is 16.3 Å². The van der Waals surface area contributed by atoms with Crippen molar-refractivity contribution in [2.75, 3.05) is 17.2 Å². The second kappa shape index (κ2) is 4.59. The van der Waals surface area contributed by atoms with Crippen LogP contribution in [0.3, 0.4) is 0 Å². The standard InChI is InChI=1S/C9H9F5N2S/c10-8(11,9(12,13)14)4-17-5-1-2-6(15)7(16)3-5/h1-3H,4,15-16H2. The minimum absolute atomic E-state index is 0.144. The third kappa shape index (κ3) is 3.39. The van der Waals surface area contributed by atoms with E-state index in [2.05, 4.69) is 0 Å².